The van der Waals surface area contributed by atoms with Gasteiger partial charge in [0.05, 0.1) is 0 Å². The van der Waals surface area contributed by atoms with Crippen LogP contribution in [0.2, 0.25) is 0 Å². The van der Waals surface area contributed by atoms with E-state index in [1.54, 1.807) is 7.05 Å². The first-order valence-electron chi connectivity index (χ1n) is 5.86. The molecule has 19 heavy (non-hydrogen) atoms. The van der Waals surface area contributed by atoms with Crippen LogP contribution in [-0.4, -0.2) is 23.1 Å². The zero-order valence-corrected chi connectivity index (χ0v) is 12.3. The van der Waals surface area contributed by atoms with Crippen LogP contribution >= 0.6 is 20.1 Å². The molecule has 0 aliphatic carbocycles. The summed E-state index contributed by atoms with van der Waals surface area (Å²) in [5, 5.41) is 2.31. The second-order valence-electron chi connectivity index (χ2n) is 4.01. The molecule has 4 heteroatoms. The first-order chi connectivity index (χ1) is 9.24. The maximum atomic E-state index is 11.0. The van der Waals surface area contributed by atoms with Gasteiger partial charge in [0.25, 0.3) is 0 Å². The van der Waals surface area contributed by atoms with E-state index in [0.29, 0.717) is 4.73 Å². The van der Waals surface area contributed by atoms with Crippen LogP contribution in [-0.2, 0) is 4.79 Å². The van der Waals surface area contributed by atoms with Gasteiger partial charge in [0.2, 0.25) is 6.41 Å². The molecule has 0 fully saturated rings. The summed E-state index contributed by atoms with van der Waals surface area (Å²) in [5.74, 6) is 0. The third kappa shape index (κ3) is 3.25. The molecule has 96 valence electrons. The van der Waals surface area contributed by atoms with Crippen molar-refractivity contribution in [2.24, 2.45) is 0 Å². The number of amides is 1. The summed E-state index contributed by atoms with van der Waals surface area (Å²) in [5.41, 5.74) is 0. The van der Waals surface area contributed by atoms with Gasteiger partial charge in [-0.1, -0.05) is 72.9 Å². The lowest BCUT2D eigenvalue weighted by atomic mass is 10.4. The van der Waals surface area contributed by atoms with Crippen molar-refractivity contribution in [3.05, 3.63) is 60.7 Å². The third-order valence-corrected chi connectivity index (χ3v) is 5.84. The van der Waals surface area contributed by atoms with Gasteiger partial charge in [-0.05, 0) is 10.6 Å². The van der Waals surface area contributed by atoms with Crippen molar-refractivity contribution < 1.29 is 4.79 Å². The van der Waals surface area contributed by atoms with Crippen LogP contribution in [0, 0.1) is 0 Å². The van der Waals surface area contributed by atoms with Crippen molar-refractivity contribution in [3.63, 3.8) is 0 Å². The lowest BCUT2D eigenvalue weighted by molar-refractivity contribution is -0.113. The van der Waals surface area contributed by atoms with Gasteiger partial charge in [0, 0.05) is 15.0 Å². The van der Waals surface area contributed by atoms with Crippen LogP contribution < -0.4 is 10.6 Å². The molecule has 2 nitrogen and oxygen atoms in total. The molecule has 0 N–H and O–H groups in total. The molecule has 2 aromatic carbocycles. The molecular weight excluding hydrogens is 273 g/mol. The number of carbonyl (C=O) groups is 1. The van der Waals surface area contributed by atoms with Gasteiger partial charge in [0.15, 0.2) is 0 Å². The highest BCUT2D eigenvalue weighted by atomic mass is 32.1. The molecule has 0 spiro atoms. The SMILES string of the molecule is CN(C=O)C(=S)P(c1ccccc1)c1ccccc1. The zero-order chi connectivity index (χ0) is 13.7. The van der Waals surface area contributed by atoms with Gasteiger partial charge in [-0.3, -0.25) is 4.79 Å². The number of carbonyl (C=O) groups excluding carboxylic acids is 1. The van der Waals surface area contributed by atoms with Gasteiger partial charge in [-0.15, -0.1) is 0 Å². The van der Waals surface area contributed by atoms with E-state index in [2.05, 4.69) is 24.3 Å². The van der Waals surface area contributed by atoms with E-state index >= 15 is 0 Å². The smallest absolute Gasteiger partial charge is 0.214 e. The highest BCUT2D eigenvalue weighted by molar-refractivity contribution is 8.04. The molecule has 1 amide bonds. The maximum absolute atomic E-state index is 11.0. The Morgan fingerprint density at radius 2 is 1.42 bits per heavy atom. The van der Waals surface area contributed by atoms with Crippen molar-refractivity contribution >= 4 is 41.9 Å². The minimum absolute atomic E-state index is 0.669. The maximum Gasteiger partial charge on any atom is 0.214 e. The minimum Gasteiger partial charge on any atom is -0.308 e. The molecule has 0 atom stereocenters. The summed E-state index contributed by atoms with van der Waals surface area (Å²) < 4.78 is 0.669. The summed E-state index contributed by atoms with van der Waals surface area (Å²) >= 11 is 5.48. The van der Waals surface area contributed by atoms with Crippen LogP contribution in [0.5, 0.6) is 0 Å². The Bertz CT molecular complexity index is 519. The molecule has 0 aliphatic heterocycles. The molecule has 2 rings (SSSR count). The van der Waals surface area contributed by atoms with E-state index in [0.717, 1.165) is 17.0 Å². The van der Waals surface area contributed by atoms with Crippen LogP contribution in [0.1, 0.15) is 0 Å². The zero-order valence-electron chi connectivity index (χ0n) is 10.6. The van der Waals surface area contributed by atoms with E-state index in [9.17, 15) is 4.79 Å². The Hall–Kier alpha value is -1.57. The highest BCUT2D eigenvalue weighted by Gasteiger charge is 2.21. The number of nitrogens with zero attached hydrogens (tertiary/aromatic N) is 1. The predicted molar refractivity (Wildman–Crippen MR) is 85.5 cm³/mol. The number of rotatable bonds is 4. The van der Waals surface area contributed by atoms with E-state index in [1.807, 2.05) is 36.4 Å². The lowest BCUT2D eigenvalue weighted by Crippen LogP contribution is -2.28. The predicted octanol–water partition coefficient (Wildman–Crippen LogP) is 2.49. The molecule has 0 heterocycles. The van der Waals surface area contributed by atoms with Crippen molar-refractivity contribution in [3.8, 4) is 0 Å². The largest absolute Gasteiger partial charge is 0.308 e. The summed E-state index contributed by atoms with van der Waals surface area (Å²) in [7, 11) is 0.874. The topological polar surface area (TPSA) is 20.3 Å². The number of hydrogen-bond donors (Lipinski definition) is 0. The second-order valence-corrected chi connectivity index (χ2v) is 6.82. The second kappa shape index (κ2) is 6.55. The molecule has 0 radical (unpaired) electrons. The number of hydrogen-bond acceptors (Lipinski definition) is 2. The van der Waals surface area contributed by atoms with Crippen LogP contribution in [0.4, 0.5) is 0 Å². The van der Waals surface area contributed by atoms with Gasteiger partial charge < -0.3 is 4.90 Å². The molecule has 0 saturated carbocycles. The van der Waals surface area contributed by atoms with E-state index in [-0.39, 0.29) is 0 Å². The van der Waals surface area contributed by atoms with Crippen molar-refractivity contribution in [1.29, 1.82) is 0 Å². The normalized spacial score (nSPS) is 10.2. The van der Waals surface area contributed by atoms with Crippen molar-refractivity contribution in [2.75, 3.05) is 7.05 Å². The summed E-state index contributed by atoms with van der Waals surface area (Å²) in [6.45, 7) is 0. The van der Waals surface area contributed by atoms with E-state index in [4.69, 9.17) is 12.2 Å². The number of thiocarbonyl (C=S) groups is 1. The fourth-order valence-corrected chi connectivity index (χ4v) is 4.45. The quantitative estimate of drug-likeness (QED) is 0.489. The Labute approximate surface area is 119 Å². The van der Waals surface area contributed by atoms with E-state index in [1.165, 1.54) is 4.90 Å². The minimum atomic E-state index is -0.831. The van der Waals surface area contributed by atoms with Crippen molar-refractivity contribution in [2.45, 2.75) is 0 Å². The van der Waals surface area contributed by atoms with Crippen LogP contribution in [0.15, 0.2) is 60.7 Å². The summed E-state index contributed by atoms with van der Waals surface area (Å²) in [6.07, 6.45) is 0.767. The Morgan fingerprint density at radius 1 is 1.00 bits per heavy atom. The molecular formula is C15H14NOPS. The van der Waals surface area contributed by atoms with E-state index < -0.39 is 7.92 Å². The first-order valence-corrected chi connectivity index (χ1v) is 7.61. The van der Waals surface area contributed by atoms with Crippen molar-refractivity contribution in [1.82, 2.24) is 4.90 Å². The lowest BCUT2D eigenvalue weighted by Gasteiger charge is -2.23. The Morgan fingerprint density at radius 3 is 1.79 bits per heavy atom. The standard InChI is InChI=1S/C15H14NOPS/c1-16(12-17)15(19)18(13-8-4-2-5-9-13)14-10-6-3-7-11-14/h2-12H,1H3. The average Bonchev–Trinajstić information content (AvgIpc) is 2.49. The van der Waals surface area contributed by atoms with Gasteiger partial charge in [-0.2, -0.15) is 0 Å². The van der Waals surface area contributed by atoms with Gasteiger partial charge >= 0.3 is 0 Å². The summed E-state index contributed by atoms with van der Waals surface area (Å²) in [6, 6.07) is 20.2. The van der Waals surface area contributed by atoms with Crippen LogP contribution in [0.3, 0.4) is 0 Å². The number of benzene rings is 2. The van der Waals surface area contributed by atoms with Crippen LogP contribution in [0.25, 0.3) is 0 Å². The monoisotopic (exact) mass is 287 g/mol. The molecule has 0 aromatic heterocycles. The first kappa shape index (κ1) is 13.9. The Balaban J connectivity index is 2.46. The molecule has 0 saturated heterocycles. The fraction of sp³-hybridized carbons (Fsp3) is 0.0667. The molecule has 2 aromatic rings. The third-order valence-electron chi connectivity index (χ3n) is 2.68. The average molecular weight is 287 g/mol. The fourth-order valence-electron chi connectivity index (χ4n) is 1.73. The highest BCUT2D eigenvalue weighted by Crippen LogP contribution is 2.36. The summed E-state index contributed by atoms with van der Waals surface area (Å²) in [4.78, 5) is 12.4. The Kier molecular flexibility index (Phi) is 4.78. The van der Waals surface area contributed by atoms with Gasteiger partial charge in [-0.25, -0.2) is 0 Å². The molecule has 0 bridgehead atoms. The molecule has 0 aliphatic rings. The molecule has 0 unspecified atom stereocenters. The van der Waals surface area contributed by atoms with Gasteiger partial charge in [0.1, 0.15) is 4.73 Å².